The van der Waals surface area contributed by atoms with Crippen LogP contribution in [-0.4, -0.2) is 11.6 Å². The van der Waals surface area contributed by atoms with Gasteiger partial charge < -0.3 is 4.57 Å². The fourth-order valence-corrected chi connectivity index (χ4v) is 4.28. The third-order valence-electron chi connectivity index (χ3n) is 4.29. The SMILES string of the molecule is Br.C/N=c1/scc(C2(c3ccc(Cl)c(Cl)c3)CCC2)n1C. The van der Waals surface area contributed by atoms with Gasteiger partial charge in [0.15, 0.2) is 4.80 Å². The van der Waals surface area contributed by atoms with Crippen LogP contribution < -0.4 is 4.80 Å². The first-order valence-electron chi connectivity index (χ1n) is 6.62. The maximum atomic E-state index is 6.21. The molecule has 0 spiro atoms. The van der Waals surface area contributed by atoms with Crippen LogP contribution in [0.2, 0.25) is 10.0 Å². The molecule has 0 saturated heterocycles. The summed E-state index contributed by atoms with van der Waals surface area (Å²) in [5.41, 5.74) is 2.66. The standard InChI is InChI=1S/C15H16Cl2N2S.BrH/c1-18-14-19(2)13(9-20-14)15(6-3-7-15)10-4-5-11(16)12(17)8-10;/h4-5,8-9H,3,6-7H2,1-2H3;1H/b18-14+;. The fraction of sp³-hybridized carbons (Fsp3) is 0.400. The molecule has 3 rings (SSSR count). The average Bonchev–Trinajstić information content (AvgIpc) is 2.74. The van der Waals surface area contributed by atoms with Crippen molar-refractivity contribution in [3.8, 4) is 0 Å². The van der Waals surface area contributed by atoms with E-state index in [1.54, 1.807) is 11.3 Å². The van der Waals surface area contributed by atoms with Crippen LogP contribution in [0.25, 0.3) is 0 Å². The molecule has 1 saturated carbocycles. The highest BCUT2D eigenvalue weighted by atomic mass is 79.9. The molecule has 1 aromatic heterocycles. The number of halogens is 3. The Morgan fingerprint density at radius 3 is 2.43 bits per heavy atom. The first-order valence-corrected chi connectivity index (χ1v) is 8.25. The lowest BCUT2D eigenvalue weighted by molar-refractivity contribution is 0.286. The van der Waals surface area contributed by atoms with E-state index in [2.05, 4.69) is 28.1 Å². The lowest BCUT2D eigenvalue weighted by Gasteiger charge is -2.42. The van der Waals surface area contributed by atoms with E-state index in [4.69, 9.17) is 23.2 Å². The summed E-state index contributed by atoms with van der Waals surface area (Å²) in [7, 11) is 3.92. The minimum atomic E-state index is 0. The molecule has 1 heterocycles. The summed E-state index contributed by atoms with van der Waals surface area (Å²) in [6, 6.07) is 6.02. The summed E-state index contributed by atoms with van der Waals surface area (Å²) in [5.74, 6) is 0. The van der Waals surface area contributed by atoms with Gasteiger partial charge in [0.1, 0.15) is 0 Å². The van der Waals surface area contributed by atoms with Gasteiger partial charge in [-0.2, -0.15) is 0 Å². The highest BCUT2D eigenvalue weighted by Crippen LogP contribution is 2.49. The van der Waals surface area contributed by atoms with Crippen molar-refractivity contribution in [1.29, 1.82) is 0 Å². The summed E-state index contributed by atoms with van der Waals surface area (Å²) in [4.78, 5) is 5.37. The van der Waals surface area contributed by atoms with Crippen LogP contribution >= 0.6 is 51.5 Å². The minimum absolute atomic E-state index is 0. The van der Waals surface area contributed by atoms with Gasteiger partial charge in [-0.25, -0.2) is 0 Å². The molecule has 0 amide bonds. The van der Waals surface area contributed by atoms with Gasteiger partial charge in [0.05, 0.1) is 10.0 Å². The van der Waals surface area contributed by atoms with Crippen LogP contribution in [0, 0.1) is 0 Å². The smallest absolute Gasteiger partial charge is 0.184 e. The van der Waals surface area contributed by atoms with Gasteiger partial charge in [0.25, 0.3) is 0 Å². The van der Waals surface area contributed by atoms with E-state index in [9.17, 15) is 0 Å². The highest BCUT2D eigenvalue weighted by molar-refractivity contribution is 8.93. The molecule has 114 valence electrons. The number of benzene rings is 1. The summed E-state index contributed by atoms with van der Waals surface area (Å²) >= 11 is 13.9. The molecule has 0 N–H and O–H groups in total. The molecule has 1 fully saturated rings. The van der Waals surface area contributed by atoms with E-state index in [1.807, 2.05) is 19.2 Å². The highest BCUT2D eigenvalue weighted by Gasteiger charge is 2.42. The number of nitrogens with zero attached hydrogens (tertiary/aromatic N) is 2. The van der Waals surface area contributed by atoms with Gasteiger partial charge in [-0.15, -0.1) is 28.3 Å². The molecule has 0 aliphatic heterocycles. The molecule has 0 unspecified atom stereocenters. The number of hydrogen-bond acceptors (Lipinski definition) is 2. The molecule has 1 aliphatic carbocycles. The molecule has 1 aromatic carbocycles. The van der Waals surface area contributed by atoms with Crippen molar-refractivity contribution in [1.82, 2.24) is 4.57 Å². The Balaban J connectivity index is 0.00000161. The quantitative estimate of drug-likeness (QED) is 0.668. The average molecular weight is 408 g/mol. The van der Waals surface area contributed by atoms with E-state index in [0.29, 0.717) is 10.0 Å². The fourth-order valence-electron chi connectivity index (χ4n) is 3.02. The third kappa shape index (κ3) is 2.72. The second-order valence-corrected chi connectivity index (χ2v) is 6.90. The van der Waals surface area contributed by atoms with Gasteiger partial charge in [-0.05, 0) is 30.5 Å². The topological polar surface area (TPSA) is 17.3 Å². The molecule has 0 atom stereocenters. The number of rotatable bonds is 2. The van der Waals surface area contributed by atoms with Gasteiger partial charge in [-0.3, -0.25) is 4.99 Å². The summed E-state index contributed by atoms with van der Waals surface area (Å²) < 4.78 is 2.20. The van der Waals surface area contributed by atoms with Crippen molar-refractivity contribution in [3.05, 3.63) is 49.7 Å². The van der Waals surface area contributed by atoms with E-state index in [0.717, 1.165) is 17.6 Å². The van der Waals surface area contributed by atoms with E-state index in [-0.39, 0.29) is 22.4 Å². The normalized spacial score (nSPS) is 17.2. The van der Waals surface area contributed by atoms with Crippen LogP contribution in [-0.2, 0) is 12.5 Å². The van der Waals surface area contributed by atoms with E-state index >= 15 is 0 Å². The van der Waals surface area contributed by atoms with Gasteiger partial charge in [0.2, 0.25) is 0 Å². The van der Waals surface area contributed by atoms with Crippen molar-refractivity contribution in [2.75, 3.05) is 7.05 Å². The zero-order chi connectivity index (χ0) is 14.3. The van der Waals surface area contributed by atoms with Crippen LogP contribution in [0.1, 0.15) is 30.5 Å². The second kappa shape index (κ2) is 6.45. The molecule has 0 bridgehead atoms. The Hall–Kier alpha value is -0.290. The summed E-state index contributed by atoms with van der Waals surface area (Å²) in [6.45, 7) is 0. The summed E-state index contributed by atoms with van der Waals surface area (Å²) in [5, 5.41) is 3.47. The third-order valence-corrected chi connectivity index (χ3v) is 6.03. The van der Waals surface area contributed by atoms with Crippen LogP contribution in [0.5, 0.6) is 0 Å². The van der Waals surface area contributed by atoms with Crippen molar-refractivity contribution in [2.45, 2.75) is 24.7 Å². The number of hydrogen-bond donors (Lipinski definition) is 0. The van der Waals surface area contributed by atoms with Crippen LogP contribution in [0.15, 0.2) is 28.6 Å². The second-order valence-electron chi connectivity index (χ2n) is 5.25. The largest absolute Gasteiger partial charge is 0.323 e. The molecular weight excluding hydrogens is 391 g/mol. The molecule has 2 aromatic rings. The lowest BCUT2D eigenvalue weighted by Crippen LogP contribution is -2.38. The van der Waals surface area contributed by atoms with Crippen LogP contribution in [0.3, 0.4) is 0 Å². The molecular formula is C15H17BrCl2N2S. The first kappa shape index (κ1) is 17.1. The van der Waals surface area contributed by atoms with Gasteiger partial charge in [0, 0.05) is 30.6 Å². The summed E-state index contributed by atoms with van der Waals surface area (Å²) in [6.07, 6.45) is 3.55. The predicted molar refractivity (Wildman–Crippen MR) is 96.2 cm³/mol. The van der Waals surface area contributed by atoms with E-state index < -0.39 is 0 Å². The zero-order valence-corrected chi connectivity index (χ0v) is 15.9. The first-order chi connectivity index (χ1) is 9.58. The number of thiazole rings is 1. The predicted octanol–water partition coefficient (Wildman–Crippen LogP) is 4.97. The Kier molecular flexibility index (Phi) is 5.24. The van der Waals surface area contributed by atoms with Gasteiger partial charge in [-0.1, -0.05) is 35.7 Å². The van der Waals surface area contributed by atoms with Crippen molar-refractivity contribution in [3.63, 3.8) is 0 Å². The van der Waals surface area contributed by atoms with Crippen molar-refractivity contribution < 1.29 is 0 Å². The molecule has 2 nitrogen and oxygen atoms in total. The molecule has 1 aliphatic rings. The molecule has 6 heteroatoms. The Morgan fingerprint density at radius 2 is 1.95 bits per heavy atom. The van der Waals surface area contributed by atoms with Gasteiger partial charge >= 0.3 is 0 Å². The van der Waals surface area contributed by atoms with E-state index in [1.165, 1.54) is 17.7 Å². The maximum Gasteiger partial charge on any atom is 0.184 e. The molecule has 21 heavy (non-hydrogen) atoms. The lowest BCUT2D eigenvalue weighted by atomic mass is 9.62. The zero-order valence-electron chi connectivity index (χ0n) is 11.9. The monoisotopic (exact) mass is 406 g/mol. The maximum absolute atomic E-state index is 6.21. The number of aromatic nitrogens is 1. The van der Waals surface area contributed by atoms with Crippen molar-refractivity contribution in [2.24, 2.45) is 12.0 Å². The van der Waals surface area contributed by atoms with Crippen LogP contribution in [0.4, 0.5) is 0 Å². The van der Waals surface area contributed by atoms with Crippen molar-refractivity contribution >= 4 is 51.5 Å². The molecule has 0 radical (unpaired) electrons. The Bertz CT molecular complexity index is 717. The Morgan fingerprint density at radius 1 is 1.24 bits per heavy atom. The Labute approximate surface area is 149 Å². The minimum Gasteiger partial charge on any atom is -0.323 e.